The van der Waals surface area contributed by atoms with Crippen LogP contribution in [-0.2, 0) is 5.41 Å². The molecule has 0 aliphatic carbocycles. The molecule has 1 amide bonds. The van der Waals surface area contributed by atoms with Gasteiger partial charge in [0.25, 0.3) is 5.91 Å². The lowest BCUT2D eigenvalue weighted by Crippen LogP contribution is -2.28. The van der Waals surface area contributed by atoms with Crippen molar-refractivity contribution in [3.05, 3.63) is 59.2 Å². The first kappa shape index (κ1) is 17.9. The van der Waals surface area contributed by atoms with Gasteiger partial charge in [-0.1, -0.05) is 39.0 Å². The number of ether oxygens (including phenoxy) is 1. The summed E-state index contributed by atoms with van der Waals surface area (Å²) in [5, 5.41) is 2.85. The largest absolute Gasteiger partial charge is 0.492 e. The lowest BCUT2D eigenvalue weighted by Gasteiger charge is -2.19. The summed E-state index contributed by atoms with van der Waals surface area (Å²) in [6.45, 7) is 9.28. The molecule has 4 heteroatoms. The molecule has 0 saturated heterocycles. The number of amides is 1. The van der Waals surface area contributed by atoms with Gasteiger partial charge in [-0.25, -0.2) is 0 Å². The Morgan fingerprint density at radius 1 is 1.12 bits per heavy atom. The number of nitrogen functional groups attached to an aromatic ring is 1. The summed E-state index contributed by atoms with van der Waals surface area (Å²) in [7, 11) is 0. The summed E-state index contributed by atoms with van der Waals surface area (Å²) < 4.78 is 5.67. The van der Waals surface area contributed by atoms with Gasteiger partial charge in [0.05, 0.1) is 6.54 Å². The van der Waals surface area contributed by atoms with E-state index >= 15 is 0 Å². The molecule has 0 fully saturated rings. The van der Waals surface area contributed by atoms with Crippen LogP contribution in [0.5, 0.6) is 5.75 Å². The molecular weight excluding hydrogens is 300 g/mol. The Labute approximate surface area is 144 Å². The number of aryl methyl sites for hydroxylation is 1. The molecule has 3 N–H and O–H groups in total. The normalized spacial score (nSPS) is 11.2. The van der Waals surface area contributed by atoms with Crippen LogP contribution in [0.3, 0.4) is 0 Å². The Morgan fingerprint density at radius 2 is 1.79 bits per heavy atom. The molecule has 0 aromatic heterocycles. The third-order valence-corrected chi connectivity index (χ3v) is 3.88. The van der Waals surface area contributed by atoms with E-state index in [1.807, 2.05) is 25.1 Å². The maximum atomic E-state index is 12.2. The van der Waals surface area contributed by atoms with E-state index in [2.05, 4.69) is 38.2 Å². The average Bonchev–Trinajstić information content (AvgIpc) is 2.53. The van der Waals surface area contributed by atoms with Crippen LogP contribution >= 0.6 is 0 Å². The van der Waals surface area contributed by atoms with Gasteiger partial charge in [0.2, 0.25) is 0 Å². The summed E-state index contributed by atoms with van der Waals surface area (Å²) in [5.41, 5.74) is 9.21. The molecular formula is C20H26N2O2. The Bertz CT molecular complexity index is 701. The predicted molar refractivity (Wildman–Crippen MR) is 98.6 cm³/mol. The van der Waals surface area contributed by atoms with Crippen molar-refractivity contribution in [1.29, 1.82) is 0 Å². The van der Waals surface area contributed by atoms with Gasteiger partial charge in [0.15, 0.2) is 0 Å². The molecule has 24 heavy (non-hydrogen) atoms. The van der Waals surface area contributed by atoms with Gasteiger partial charge in [0, 0.05) is 11.3 Å². The highest BCUT2D eigenvalue weighted by molar-refractivity contribution is 5.96. The van der Waals surface area contributed by atoms with Gasteiger partial charge in [0.1, 0.15) is 12.4 Å². The molecule has 128 valence electrons. The van der Waals surface area contributed by atoms with Gasteiger partial charge in [-0.3, -0.25) is 4.79 Å². The second-order valence-electron chi connectivity index (χ2n) is 6.95. The number of nitrogens with two attached hydrogens (primary N) is 1. The van der Waals surface area contributed by atoms with Gasteiger partial charge >= 0.3 is 0 Å². The zero-order valence-corrected chi connectivity index (χ0v) is 14.8. The SMILES string of the molecule is Cc1ccc(N)cc1C(=O)NCCOc1ccc(C(C)(C)C)cc1. The average molecular weight is 326 g/mol. The molecule has 0 bridgehead atoms. The fraction of sp³-hybridized carbons (Fsp3) is 0.350. The van der Waals surface area contributed by atoms with Gasteiger partial charge in [-0.05, 0) is 47.7 Å². The maximum Gasteiger partial charge on any atom is 0.251 e. The minimum absolute atomic E-state index is 0.127. The van der Waals surface area contributed by atoms with E-state index < -0.39 is 0 Å². The smallest absolute Gasteiger partial charge is 0.251 e. The van der Waals surface area contributed by atoms with Crippen LogP contribution in [0.15, 0.2) is 42.5 Å². The Morgan fingerprint density at radius 3 is 2.42 bits per heavy atom. The molecule has 0 aliphatic heterocycles. The molecule has 4 nitrogen and oxygen atoms in total. The highest BCUT2D eigenvalue weighted by atomic mass is 16.5. The first-order chi connectivity index (χ1) is 11.3. The van der Waals surface area contributed by atoms with E-state index in [1.54, 1.807) is 12.1 Å². The summed E-state index contributed by atoms with van der Waals surface area (Å²) in [4.78, 5) is 12.2. The molecule has 0 atom stereocenters. The van der Waals surface area contributed by atoms with Crippen molar-refractivity contribution < 1.29 is 9.53 Å². The first-order valence-corrected chi connectivity index (χ1v) is 8.15. The van der Waals surface area contributed by atoms with E-state index in [4.69, 9.17) is 10.5 Å². The van der Waals surface area contributed by atoms with Crippen molar-refractivity contribution in [2.45, 2.75) is 33.1 Å². The van der Waals surface area contributed by atoms with E-state index in [1.165, 1.54) is 5.56 Å². The van der Waals surface area contributed by atoms with Crippen LogP contribution in [0.4, 0.5) is 5.69 Å². The van der Waals surface area contributed by atoms with Crippen molar-refractivity contribution >= 4 is 11.6 Å². The number of anilines is 1. The van der Waals surface area contributed by atoms with Crippen LogP contribution in [0, 0.1) is 6.92 Å². The highest BCUT2D eigenvalue weighted by Crippen LogP contribution is 2.24. The van der Waals surface area contributed by atoms with Gasteiger partial charge in [-0.2, -0.15) is 0 Å². The summed E-state index contributed by atoms with van der Waals surface area (Å²) in [5.74, 6) is 0.670. The number of rotatable bonds is 5. The number of carbonyl (C=O) groups excluding carboxylic acids is 1. The molecule has 0 aliphatic rings. The number of nitrogens with one attached hydrogen (secondary N) is 1. The Kier molecular flexibility index (Phi) is 5.50. The number of carbonyl (C=O) groups is 1. The first-order valence-electron chi connectivity index (χ1n) is 8.15. The quantitative estimate of drug-likeness (QED) is 0.651. The molecule has 2 rings (SSSR count). The monoisotopic (exact) mass is 326 g/mol. The molecule has 2 aromatic rings. The Balaban J connectivity index is 1.82. The van der Waals surface area contributed by atoms with Crippen LogP contribution in [0.1, 0.15) is 42.3 Å². The fourth-order valence-corrected chi connectivity index (χ4v) is 2.36. The Hall–Kier alpha value is -2.49. The van der Waals surface area contributed by atoms with Crippen LogP contribution in [0.2, 0.25) is 0 Å². The number of hydrogen-bond acceptors (Lipinski definition) is 3. The second kappa shape index (κ2) is 7.39. The second-order valence-corrected chi connectivity index (χ2v) is 6.95. The molecule has 0 saturated carbocycles. The third kappa shape index (κ3) is 4.75. The predicted octanol–water partition coefficient (Wildman–Crippen LogP) is 3.68. The zero-order chi connectivity index (χ0) is 17.7. The van der Waals surface area contributed by atoms with Crippen molar-refractivity contribution in [3.63, 3.8) is 0 Å². The molecule has 0 unspecified atom stereocenters. The maximum absolute atomic E-state index is 12.2. The topological polar surface area (TPSA) is 64.4 Å². The summed E-state index contributed by atoms with van der Waals surface area (Å²) >= 11 is 0. The van der Waals surface area contributed by atoms with Crippen LogP contribution in [-0.4, -0.2) is 19.1 Å². The molecule has 0 spiro atoms. The summed E-state index contributed by atoms with van der Waals surface area (Å²) in [6.07, 6.45) is 0. The van der Waals surface area contributed by atoms with E-state index in [-0.39, 0.29) is 11.3 Å². The van der Waals surface area contributed by atoms with E-state index in [9.17, 15) is 4.79 Å². The number of hydrogen-bond donors (Lipinski definition) is 2. The minimum atomic E-state index is -0.133. The van der Waals surface area contributed by atoms with Gasteiger partial charge in [-0.15, -0.1) is 0 Å². The highest BCUT2D eigenvalue weighted by Gasteiger charge is 2.13. The lowest BCUT2D eigenvalue weighted by molar-refractivity contribution is 0.0946. The fourth-order valence-electron chi connectivity index (χ4n) is 2.36. The van der Waals surface area contributed by atoms with Crippen LogP contribution < -0.4 is 15.8 Å². The van der Waals surface area contributed by atoms with Gasteiger partial charge < -0.3 is 15.8 Å². The molecule has 0 heterocycles. The molecule has 2 aromatic carbocycles. The van der Waals surface area contributed by atoms with E-state index in [0.29, 0.717) is 24.4 Å². The summed E-state index contributed by atoms with van der Waals surface area (Å²) in [6, 6.07) is 13.4. The van der Waals surface area contributed by atoms with Crippen molar-refractivity contribution in [2.75, 3.05) is 18.9 Å². The lowest BCUT2D eigenvalue weighted by atomic mass is 9.87. The minimum Gasteiger partial charge on any atom is -0.492 e. The number of benzene rings is 2. The van der Waals surface area contributed by atoms with Crippen molar-refractivity contribution in [2.24, 2.45) is 0 Å². The standard InChI is InChI=1S/C20H26N2O2/c1-14-5-8-16(21)13-18(14)19(23)22-11-12-24-17-9-6-15(7-10-17)20(2,3)4/h5-10,13H,11-12,21H2,1-4H3,(H,22,23). The zero-order valence-electron chi connectivity index (χ0n) is 14.8. The molecule has 0 radical (unpaired) electrons. The van der Waals surface area contributed by atoms with Crippen molar-refractivity contribution in [3.8, 4) is 5.75 Å². The third-order valence-electron chi connectivity index (χ3n) is 3.88. The van der Waals surface area contributed by atoms with Crippen molar-refractivity contribution in [1.82, 2.24) is 5.32 Å². The van der Waals surface area contributed by atoms with Crippen LogP contribution in [0.25, 0.3) is 0 Å². The van der Waals surface area contributed by atoms with E-state index in [0.717, 1.165) is 11.3 Å².